The summed E-state index contributed by atoms with van der Waals surface area (Å²) in [5.41, 5.74) is 1.26. The number of nitrogens with zero attached hydrogens (tertiary/aromatic N) is 2. The fraction of sp³-hybridized carbons (Fsp3) is 0.481. The van der Waals surface area contributed by atoms with Crippen LogP contribution in [0, 0.1) is 0 Å². The lowest BCUT2D eigenvalue weighted by molar-refractivity contribution is -0.140. The average molecular weight is 548 g/mol. The number of fused-ring (bicyclic) bond motifs is 1. The van der Waals surface area contributed by atoms with E-state index in [2.05, 4.69) is 5.32 Å². The molecule has 1 heterocycles. The predicted octanol–water partition coefficient (Wildman–Crippen LogP) is 2.96. The van der Waals surface area contributed by atoms with Crippen molar-refractivity contribution in [2.45, 2.75) is 45.7 Å². The molecule has 0 aliphatic carbocycles. The molecule has 0 aromatic heterocycles. The van der Waals surface area contributed by atoms with Crippen LogP contribution in [-0.4, -0.2) is 70.8 Å². The zero-order valence-electron chi connectivity index (χ0n) is 22.4. The van der Waals surface area contributed by atoms with Gasteiger partial charge in [0, 0.05) is 32.1 Å². The van der Waals surface area contributed by atoms with Gasteiger partial charge in [-0.05, 0) is 49.6 Å². The summed E-state index contributed by atoms with van der Waals surface area (Å²) in [5.74, 6) is 1.21. The summed E-state index contributed by atoms with van der Waals surface area (Å²) in [5, 5.41) is 2.85. The number of sulfonamides is 1. The molecule has 1 aliphatic rings. The molecule has 1 atom stereocenters. The van der Waals surface area contributed by atoms with Crippen molar-refractivity contribution >= 4 is 27.5 Å². The van der Waals surface area contributed by atoms with E-state index in [-0.39, 0.29) is 37.7 Å². The minimum atomic E-state index is -3.62. The predicted molar refractivity (Wildman–Crippen MR) is 145 cm³/mol. The van der Waals surface area contributed by atoms with Gasteiger partial charge in [-0.3, -0.25) is 13.9 Å². The van der Waals surface area contributed by atoms with Crippen LogP contribution in [0.25, 0.3) is 0 Å². The van der Waals surface area contributed by atoms with Gasteiger partial charge in [-0.2, -0.15) is 0 Å². The largest absolute Gasteiger partial charge is 0.497 e. The molecule has 3 rings (SSSR count). The lowest BCUT2D eigenvalue weighted by atomic mass is 10.1. The lowest BCUT2D eigenvalue weighted by Crippen LogP contribution is -2.47. The quantitative estimate of drug-likeness (QED) is 0.410. The highest BCUT2D eigenvalue weighted by molar-refractivity contribution is 7.92. The molecule has 0 saturated heterocycles. The second kappa shape index (κ2) is 13.4. The van der Waals surface area contributed by atoms with E-state index in [9.17, 15) is 18.0 Å². The molecule has 1 N–H and O–H groups in total. The fourth-order valence-electron chi connectivity index (χ4n) is 4.14. The molecule has 1 unspecified atom stereocenters. The third-order valence-electron chi connectivity index (χ3n) is 6.17. The summed E-state index contributed by atoms with van der Waals surface area (Å²) in [6, 6.07) is 11.6. The van der Waals surface area contributed by atoms with Crippen molar-refractivity contribution < 1.29 is 32.2 Å². The Morgan fingerprint density at radius 2 is 1.84 bits per heavy atom. The van der Waals surface area contributed by atoms with Crippen LogP contribution in [0.5, 0.6) is 17.2 Å². The minimum Gasteiger partial charge on any atom is -0.497 e. The maximum Gasteiger partial charge on any atom is 0.242 e. The number of hydrogen-bond donors (Lipinski definition) is 1. The van der Waals surface area contributed by atoms with Crippen LogP contribution >= 0.6 is 0 Å². The first-order valence-electron chi connectivity index (χ1n) is 12.7. The van der Waals surface area contributed by atoms with E-state index in [0.717, 1.165) is 18.2 Å². The molecule has 38 heavy (non-hydrogen) atoms. The van der Waals surface area contributed by atoms with Gasteiger partial charge in [0.25, 0.3) is 0 Å². The third kappa shape index (κ3) is 7.77. The van der Waals surface area contributed by atoms with Crippen LogP contribution in [-0.2, 0) is 26.2 Å². The first-order chi connectivity index (χ1) is 18.1. The number of methoxy groups -OCH3 is 1. The smallest absolute Gasteiger partial charge is 0.242 e. The van der Waals surface area contributed by atoms with Crippen molar-refractivity contribution in [3.63, 3.8) is 0 Å². The number of ether oxygens (including phenoxy) is 3. The number of carbonyl (C=O) groups excluding carboxylic acids is 2. The molecule has 0 fully saturated rings. The van der Waals surface area contributed by atoms with E-state index in [4.69, 9.17) is 14.2 Å². The normalized spacial score (nSPS) is 13.4. The maximum atomic E-state index is 13.4. The lowest BCUT2D eigenvalue weighted by Gasteiger charge is -2.29. The molecule has 0 bridgehead atoms. The Balaban J connectivity index is 1.74. The van der Waals surface area contributed by atoms with E-state index in [1.807, 2.05) is 31.2 Å². The second-order valence-corrected chi connectivity index (χ2v) is 11.0. The Bertz CT molecular complexity index is 1220. The topological polar surface area (TPSA) is 114 Å². The number of amides is 2. The molecular formula is C27H37N3O7S. The first kappa shape index (κ1) is 29.1. The van der Waals surface area contributed by atoms with Crippen LogP contribution < -0.4 is 23.8 Å². The Hall–Kier alpha value is -3.47. The van der Waals surface area contributed by atoms with Gasteiger partial charge in [0.15, 0.2) is 11.5 Å². The van der Waals surface area contributed by atoms with Crippen LogP contribution in [0.2, 0.25) is 0 Å². The third-order valence-corrected chi connectivity index (χ3v) is 7.36. The number of nitrogens with one attached hydrogen (secondary N) is 1. The van der Waals surface area contributed by atoms with Gasteiger partial charge in [-0.15, -0.1) is 0 Å². The number of rotatable bonds is 13. The van der Waals surface area contributed by atoms with Crippen molar-refractivity contribution in [3.8, 4) is 17.2 Å². The molecular weight excluding hydrogens is 510 g/mol. The molecule has 11 heteroatoms. The molecule has 2 amide bonds. The first-order valence-corrected chi connectivity index (χ1v) is 14.6. The highest BCUT2D eigenvalue weighted by atomic mass is 32.2. The Morgan fingerprint density at radius 3 is 2.53 bits per heavy atom. The number of anilines is 1. The van der Waals surface area contributed by atoms with Gasteiger partial charge in [0.2, 0.25) is 21.8 Å². The SMILES string of the molecule is CCCNC(=O)C(C)N(Cc1cccc(OC)c1)C(=O)CCCN(c1ccc2c(c1)OCCO2)S(C)(=O)=O. The van der Waals surface area contributed by atoms with Gasteiger partial charge in [-0.25, -0.2) is 8.42 Å². The highest BCUT2D eigenvalue weighted by Crippen LogP contribution is 2.34. The van der Waals surface area contributed by atoms with E-state index in [1.54, 1.807) is 32.2 Å². The van der Waals surface area contributed by atoms with Gasteiger partial charge in [0.05, 0.1) is 19.1 Å². The zero-order chi connectivity index (χ0) is 27.7. The summed E-state index contributed by atoms with van der Waals surface area (Å²) >= 11 is 0. The van der Waals surface area contributed by atoms with Crippen LogP contribution in [0.15, 0.2) is 42.5 Å². The zero-order valence-corrected chi connectivity index (χ0v) is 23.3. The van der Waals surface area contributed by atoms with Crippen molar-refractivity contribution in [1.29, 1.82) is 0 Å². The second-order valence-electron chi connectivity index (χ2n) is 9.11. The van der Waals surface area contributed by atoms with Gasteiger partial charge >= 0.3 is 0 Å². The van der Waals surface area contributed by atoms with E-state index in [1.165, 1.54) is 9.21 Å². The van der Waals surface area contributed by atoms with Gasteiger partial charge < -0.3 is 24.4 Å². The molecule has 1 aliphatic heterocycles. The van der Waals surface area contributed by atoms with Gasteiger partial charge in [0.1, 0.15) is 25.0 Å². The monoisotopic (exact) mass is 547 g/mol. The Kier molecular flexibility index (Phi) is 10.2. The molecule has 2 aromatic carbocycles. The van der Waals surface area contributed by atoms with Crippen molar-refractivity contribution in [2.75, 3.05) is 44.0 Å². The Labute approximate surface area is 224 Å². The van der Waals surface area contributed by atoms with Crippen molar-refractivity contribution in [1.82, 2.24) is 10.2 Å². The van der Waals surface area contributed by atoms with E-state index in [0.29, 0.717) is 42.7 Å². The highest BCUT2D eigenvalue weighted by Gasteiger charge is 2.27. The standard InChI is InChI=1S/C27H37N3O7S/c1-5-13-28-27(32)20(2)29(19-21-8-6-9-23(17-21)35-3)26(31)10-7-14-30(38(4,33)34)22-11-12-24-25(18-22)37-16-15-36-24/h6,8-9,11-12,17-18,20H,5,7,10,13-16,19H2,1-4H3,(H,28,32). The average Bonchev–Trinajstić information content (AvgIpc) is 2.91. The summed E-state index contributed by atoms with van der Waals surface area (Å²) in [6.45, 7) is 5.30. The molecule has 2 aromatic rings. The molecule has 0 radical (unpaired) electrons. The number of hydrogen-bond acceptors (Lipinski definition) is 7. The van der Waals surface area contributed by atoms with Crippen LogP contribution in [0.3, 0.4) is 0 Å². The summed E-state index contributed by atoms with van der Waals surface area (Å²) in [7, 11) is -2.06. The summed E-state index contributed by atoms with van der Waals surface area (Å²) in [4.78, 5) is 27.7. The van der Waals surface area contributed by atoms with E-state index < -0.39 is 16.1 Å². The summed E-state index contributed by atoms with van der Waals surface area (Å²) < 4.78 is 42.9. The fourth-order valence-corrected chi connectivity index (χ4v) is 5.09. The van der Waals surface area contributed by atoms with E-state index >= 15 is 0 Å². The minimum absolute atomic E-state index is 0.0614. The molecule has 0 saturated carbocycles. The number of carbonyl (C=O) groups is 2. The van der Waals surface area contributed by atoms with Crippen molar-refractivity contribution in [2.24, 2.45) is 0 Å². The summed E-state index contributed by atoms with van der Waals surface area (Å²) in [6.07, 6.45) is 2.23. The van der Waals surface area contributed by atoms with Crippen LogP contribution in [0.1, 0.15) is 38.7 Å². The maximum absolute atomic E-state index is 13.4. The van der Waals surface area contributed by atoms with Gasteiger partial charge in [-0.1, -0.05) is 19.1 Å². The van der Waals surface area contributed by atoms with Crippen molar-refractivity contribution in [3.05, 3.63) is 48.0 Å². The Morgan fingerprint density at radius 1 is 1.11 bits per heavy atom. The number of benzene rings is 2. The molecule has 0 spiro atoms. The van der Waals surface area contributed by atoms with Crippen LogP contribution in [0.4, 0.5) is 5.69 Å². The molecule has 10 nitrogen and oxygen atoms in total. The molecule has 208 valence electrons.